The van der Waals surface area contributed by atoms with E-state index < -0.39 is 0 Å². The lowest BCUT2D eigenvalue weighted by molar-refractivity contribution is 0.724. The van der Waals surface area contributed by atoms with Gasteiger partial charge in [-0.1, -0.05) is 30.3 Å². The van der Waals surface area contributed by atoms with Gasteiger partial charge in [0, 0.05) is 16.8 Å². The van der Waals surface area contributed by atoms with Crippen molar-refractivity contribution in [3.63, 3.8) is 0 Å². The summed E-state index contributed by atoms with van der Waals surface area (Å²) in [6.07, 6.45) is 1.01. The minimum atomic E-state index is 0.362. The largest absolute Gasteiger partial charge is 0.397 e. The lowest BCUT2D eigenvalue weighted by Crippen LogP contribution is -2.33. The average molecular weight is 256 g/mol. The van der Waals surface area contributed by atoms with E-state index >= 15 is 0 Å². The van der Waals surface area contributed by atoms with Gasteiger partial charge in [0.05, 0.1) is 11.4 Å². The normalized spacial score (nSPS) is 20.5. The van der Waals surface area contributed by atoms with Gasteiger partial charge in [0.15, 0.2) is 5.17 Å². The third-order valence-corrected chi connectivity index (χ3v) is 3.97. The third kappa shape index (κ3) is 1.99. The Morgan fingerprint density at radius 3 is 3.00 bits per heavy atom. The lowest BCUT2D eigenvalue weighted by atomic mass is 10.2. The van der Waals surface area contributed by atoms with Crippen LogP contribution >= 0.6 is 23.4 Å². The summed E-state index contributed by atoms with van der Waals surface area (Å²) in [5.74, 6) is 0.956. The number of nitrogens with zero attached hydrogens (tertiary/aromatic N) is 1. The molecule has 1 aromatic rings. The van der Waals surface area contributed by atoms with Crippen LogP contribution in [0.2, 0.25) is 5.02 Å². The monoisotopic (exact) mass is 255 g/mol. The van der Waals surface area contributed by atoms with Crippen molar-refractivity contribution in [2.75, 3.05) is 16.4 Å². The minimum Gasteiger partial charge on any atom is -0.397 e. The molecule has 1 aromatic carbocycles. The number of anilines is 2. The summed E-state index contributed by atoms with van der Waals surface area (Å²) >= 11 is 7.44. The van der Waals surface area contributed by atoms with Crippen molar-refractivity contribution in [2.24, 2.45) is 0 Å². The number of thioether (sulfide) groups is 1. The molecule has 1 heterocycles. The Morgan fingerprint density at radius 1 is 1.62 bits per heavy atom. The topological polar surface area (TPSA) is 53.1 Å². The van der Waals surface area contributed by atoms with Crippen LogP contribution in [0.4, 0.5) is 11.4 Å². The molecule has 86 valence electrons. The number of nitrogen functional groups attached to an aromatic ring is 1. The fraction of sp³-hybridized carbons (Fsp3) is 0.364. The van der Waals surface area contributed by atoms with E-state index in [0.717, 1.165) is 17.9 Å². The van der Waals surface area contributed by atoms with Crippen molar-refractivity contribution in [2.45, 2.75) is 19.4 Å². The van der Waals surface area contributed by atoms with Gasteiger partial charge in [0.1, 0.15) is 0 Å². The molecule has 3 nitrogen and oxygen atoms in total. The highest BCUT2D eigenvalue weighted by Gasteiger charge is 2.30. The molecular formula is C11H14ClN3S. The molecule has 0 saturated carbocycles. The number of hydrogen-bond donors (Lipinski definition) is 2. The maximum Gasteiger partial charge on any atom is 0.161 e. The molecule has 0 aliphatic carbocycles. The maximum atomic E-state index is 7.93. The van der Waals surface area contributed by atoms with E-state index in [-0.39, 0.29) is 0 Å². The number of benzene rings is 1. The summed E-state index contributed by atoms with van der Waals surface area (Å²) in [6.45, 7) is 2.13. The number of nitrogens with two attached hydrogens (primary N) is 1. The molecular weight excluding hydrogens is 242 g/mol. The minimum absolute atomic E-state index is 0.362. The highest BCUT2D eigenvalue weighted by Crippen LogP contribution is 2.35. The summed E-state index contributed by atoms with van der Waals surface area (Å²) in [6, 6.07) is 5.80. The van der Waals surface area contributed by atoms with Gasteiger partial charge in [0.2, 0.25) is 0 Å². The standard InChI is InChI=1S/C11H14ClN3S/c1-2-8-6-16-11(14)15(8)10-4-3-7(12)5-9(10)13/h3-5,8,14H,2,6,13H2,1H3. The van der Waals surface area contributed by atoms with Crippen molar-refractivity contribution in [3.05, 3.63) is 23.2 Å². The smallest absolute Gasteiger partial charge is 0.161 e. The summed E-state index contributed by atoms with van der Waals surface area (Å²) < 4.78 is 0. The number of nitrogens with one attached hydrogen (secondary N) is 1. The van der Waals surface area contributed by atoms with Crippen molar-refractivity contribution >= 4 is 39.9 Å². The van der Waals surface area contributed by atoms with E-state index in [1.165, 1.54) is 0 Å². The first-order valence-corrected chi connectivity index (χ1v) is 6.55. The molecule has 5 heteroatoms. The van der Waals surface area contributed by atoms with E-state index in [1.54, 1.807) is 17.8 Å². The molecule has 16 heavy (non-hydrogen) atoms. The predicted molar refractivity (Wildman–Crippen MR) is 72.6 cm³/mol. The molecule has 1 atom stereocenters. The van der Waals surface area contributed by atoms with Crippen molar-refractivity contribution in [1.29, 1.82) is 5.41 Å². The zero-order valence-corrected chi connectivity index (χ0v) is 10.6. The molecule has 1 aliphatic rings. The quantitative estimate of drug-likeness (QED) is 0.798. The van der Waals surface area contributed by atoms with Gasteiger partial charge in [-0.2, -0.15) is 0 Å². The summed E-state index contributed by atoms with van der Waals surface area (Å²) in [5.41, 5.74) is 7.48. The van der Waals surface area contributed by atoms with E-state index in [1.807, 2.05) is 17.0 Å². The van der Waals surface area contributed by atoms with Gasteiger partial charge < -0.3 is 10.6 Å². The second kappa shape index (κ2) is 4.55. The van der Waals surface area contributed by atoms with E-state index in [9.17, 15) is 0 Å². The predicted octanol–water partition coefficient (Wildman–Crippen LogP) is 3.19. The van der Waals surface area contributed by atoms with E-state index in [4.69, 9.17) is 22.7 Å². The Kier molecular flexibility index (Phi) is 3.30. The molecule has 0 amide bonds. The van der Waals surface area contributed by atoms with Crippen LogP contribution in [-0.2, 0) is 0 Å². The van der Waals surface area contributed by atoms with Crippen LogP contribution in [-0.4, -0.2) is 17.0 Å². The Labute approximate surface area is 104 Å². The Bertz CT molecular complexity index is 422. The number of halogens is 1. The fourth-order valence-corrected chi connectivity index (χ4v) is 3.14. The van der Waals surface area contributed by atoms with E-state index in [2.05, 4.69) is 6.92 Å². The van der Waals surface area contributed by atoms with Gasteiger partial charge in [-0.3, -0.25) is 5.41 Å². The molecule has 0 radical (unpaired) electrons. The van der Waals surface area contributed by atoms with Gasteiger partial charge in [-0.15, -0.1) is 0 Å². The van der Waals surface area contributed by atoms with Gasteiger partial charge in [-0.25, -0.2) is 0 Å². The Balaban J connectivity index is 2.38. The van der Waals surface area contributed by atoms with Crippen LogP contribution in [0.3, 0.4) is 0 Å². The number of rotatable bonds is 2. The summed E-state index contributed by atoms with van der Waals surface area (Å²) in [5, 5.41) is 9.13. The number of amidine groups is 1. The van der Waals surface area contributed by atoms with Crippen LogP contribution in [0.5, 0.6) is 0 Å². The van der Waals surface area contributed by atoms with Gasteiger partial charge in [-0.05, 0) is 24.6 Å². The van der Waals surface area contributed by atoms with Crippen LogP contribution in [0.1, 0.15) is 13.3 Å². The molecule has 1 fully saturated rings. The van der Waals surface area contributed by atoms with Gasteiger partial charge >= 0.3 is 0 Å². The Hall–Kier alpha value is -0.870. The highest BCUT2D eigenvalue weighted by molar-refractivity contribution is 8.14. The summed E-state index contributed by atoms with van der Waals surface area (Å²) in [7, 11) is 0. The molecule has 1 aliphatic heterocycles. The first-order chi connectivity index (χ1) is 7.63. The first kappa shape index (κ1) is 11.6. The molecule has 0 spiro atoms. The number of hydrogen-bond acceptors (Lipinski definition) is 3. The zero-order chi connectivity index (χ0) is 11.7. The second-order valence-corrected chi connectivity index (χ2v) is 5.20. The molecule has 0 bridgehead atoms. The Morgan fingerprint density at radius 2 is 2.38 bits per heavy atom. The second-order valence-electron chi connectivity index (χ2n) is 3.75. The SMILES string of the molecule is CCC1CSC(=N)N1c1ccc(Cl)cc1N. The summed E-state index contributed by atoms with van der Waals surface area (Å²) in [4.78, 5) is 2.00. The van der Waals surface area contributed by atoms with Crippen molar-refractivity contribution in [3.8, 4) is 0 Å². The maximum absolute atomic E-state index is 7.93. The van der Waals surface area contributed by atoms with Crippen LogP contribution in [0, 0.1) is 5.41 Å². The van der Waals surface area contributed by atoms with Crippen LogP contribution < -0.4 is 10.6 Å². The fourth-order valence-electron chi connectivity index (χ4n) is 1.84. The molecule has 1 saturated heterocycles. The van der Waals surface area contributed by atoms with Gasteiger partial charge in [0.25, 0.3) is 0 Å². The van der Waals surface area contributed by atoms with Crippen molar-refractivity contribution in [1.82, 2.24) is 0 Å². The highest BCUT2D eigenvalue weighted by atomic mass is 35.5. The lowest BCUT2D eigenvalue weighted by Gasteiger charge is -2.25. The third-order valence-electron chi connectivity index (χ3n) is 2.72. The van der Waals surface area contributed by atoms with Crippen LogP contribution in [0.15, 0.2) is 18.2 Å². The zero-order valence-electron chi connectivity index (χ0n) is 9.03. The average Bonchev–Trinajstić information content (AvgIpc) is 2.60. The molecule has 2 rings (SSSR count). The molecule has 0 aromatic heterocycles. The first-order valence-electron chi connectivity index (χ1n) is 5.19. The van der Waals surface area contributed by atoms with Crippen LogP contribution in [0.25, 0.3) is 0 Å². The van der Waals surface area contributed by atoms with Crippen molar-refractivity contribution < 1.29 is 0 Å². The molecule has 1 unspecified atom stereocenters. The van der Waals surface area contributed by atoms with E-state index in [0.29, 0.717) is 21.9 Å². The molecule has 3 N–H and O–H groups in total.